The van der Waals surface area contributed by atoms with Crippen molar-refractivity contribution in [3.8, 4) is 0 Å². The predicted molar refractivity (Wildman–Crippen MR) is 78.3 cm³/mol. The van der Waals surface area contributed by atoms with E-state index in [-0.39, 0.29) is 6.04 Å². The highest BCUT2D eigenvalue weighted by molar-refractivity contribution is 7.12. The van der Waals surface area contributed by atoms with Crippen molar-refractivity contribution >= 4 is 17.0 Å². The molecule has 0 bridgehead atoms. The Balaban J connectivity index is 1.75. The van der Waals surface area contributed by atoms with Crippen molar-refractivity contribution in [1.82, 2.24) is 0 Å². The highest BCUT2D eigenvalue weighted by atomic mass is 32.1. The van der Waals surface area contributed by atoms with Crippen LogP contribution >= 0.6 is 11.3 Å². The van der Waals surface area contributed by atoms with Crippen molar-refractivity contribution in [3.05, 3.63) is 51.7 Å². The summed E-state index contributed by atoms with van der Waals surface area (Å²) in [4.78, 5) is 5.04. The Morgan fingerprint density at radius 3 is 2.89 bits per heavy atom. The van der Waals surface area contributed by atoms with Gasteiger partial charge in [-0.2, -0.15) is 0 Å². The molecule has 0 fully saturated rings. The van der Waals surface area contributed by atoms with Gasteiger partial charge in [-0.25, -0.2) is 0 Å². The van der Waals surface area contributed by atoms with Crippen LogP contribution in [0.25, 0.3) is 0 Å². The van der Waals surface area contributed by atoms with Crippen molar-refractivity contribution in [3.63, 3.8) is 0 Å². The number of hydrogen-bond donors (Lipinski definition) is 1. The molecule has 1 atom stereocenters. The van der Waals surface area contributed by atoms with Gasteiger partial charge in [-0.15, -0.1) is 11.3 Å². The summed E-state index contributed by atoms with van der Waals surface area (Å²) in [5.74, 6) is 0. The lowest BCUT2D eigenvalue weighted by Crippen LogP contribution is -2.30. The minimum absolute atomic E-state index is 0.120. The number of benzene rings is 1. The van der Waals surface area contributed by atoms with Crippen LogP contribution in [0.1, 0.15) is 21.4 Å². The van der Waals surface area contributed by atoms with Crippen LogP contribution in [0, 0.1) is 6.92 Å². The summed E-state index contributed by atoms with van der Waals surface area (Å²) in [6, 6.07) is 13.1. The van der Waals surface area contributed by atoms with Crippen LogP contribution in [0.5, 0.6) is 0 Å². The minimum Gasteiger partial charge on any atom is -0.369 e. The van der Waals surface area contributed by atoms with E-state index >= 15 is 0 Å². The molecule has 2 aromatic rings. The molecule has 0 spiro atoms. The minimum atomic E-state index is 0.120. The first-order valence-corrected chi connectivity index (χ1v) is 7.20. The lowest BCUT2D eigenvalue weighted by molar-refractivity contribution is 0.691. The van der Waals surface area contributed by atoms with Gasteiger partial charge in [0.1, 0.15) is 0 Å². The third-order valence-electron chi connectivity index (χ3n) is 3.53. The van der Waals surface area contributed by atoms with E-state index in [9.17, 15) is 0 Å². The maximum atomic E-state index is 6.31. The number of thiophene rings is 1. The Hall–Kier alpha value is -1.32. The van der Waals surface area contributed by atoms with Crippen LogP contribution in [0.4, 0.5) is 5.69 Å². The summed E-state index contributed by atoms with van der Waals surface area (Å²) >= 11 is 1.81. The quantitative estimate of drug-likeness (QED) is 0.916. The Morgan fingerprint density at radius 1 is 1.28 bits per heavy atom. The van der Waals surface area contributed by atoms with Gasteiger partial charge < -0.3 is 10.6 Å². The average Bonchev–Trinajstić information content (AvgIpc) is 2.97. The number of hydrogen-bond acceptors (Lipinski definition) is 3. The molecule has 3 rings (SSSR count). The van der Waals surface area contributed by atoms with E-state index in [0.717, 1.165) is 19.5 Å². The molecule has 2 N–H and O–H groups in total. The SMILES string of the molecule is Cc1ccc(C(N)CN2CCc3ccccc32)s1. The predicted octanol–water partition coefficient (Wildman–Crippen LogP) is 3.12. The zero-order valence-electron chi connectivity index (χ0n) is 10.6. The monoisotopic (exact) mass is 258 g/mol. The van der Waals surface area contributed by atoms with Gasteiger partial charge in [0.2, 0.25) is 0 Å². The molecule has 2 heterocycles. The van der Waals surface area contributed by atoms with Crippen molar-refractivity contribution in [2.75, 3.05) is 18.0 Å². The molecule has 3 heteroatoms. The van der Waals surface area contributed by atoms with E-state index in [4.69, 9.17) is 5.73 Å². The fourth-order valence-corrected chi connectivity index (χ4v) is 3.45. The smallest absolute Gasteiger partial charge is 0.0568 e. The molecule has 2 nitrogen and oxygen atoms in total. The van der Waals surface area contributed by atoms with E-state index in [1.165, 1.54) is 21.0 Å². The van der Waals surface area contributed by atoms with Gasteiger partial charge in [-0.3, -0.25) is 0 Å². The molecule has 1 aromatic heterocycles. The van der Waals surface area contributed by atoms with Gasteiger partial charge in [0.25, 0.3) is 0 Å². The van der Waals surface area contributed by atoms with Crippen LogP contribution in [0.15, 0.2) is 36.4 Å². The van der Waals surface area contributed by atoms with Crippen molar-refractivity contribution < 1.29 is 0 Å². The van der Waals surface area contributed by atoms with Crippen molar-refractivity contribution in [2.45, 2.75) is 19.4 Å². The molecule has 18 heavy (non-hydrogen) atoms. The molecule has 0 saturated heterocycles. The fourth-order valence-electron chi connectivity index (χ4n) is 2.58. The maximum absolute atomic E-state index is 6.31. The molecular formula is C15H18N2S. The van der Waals surface area contributed by atoms with Gasteiger partial charge in [-0.05, 0) is 37.1 Å². The third kappa shape index (κ3) is 2.16. The molecule has 0 amide bonds. The molecule has 0 radical (unpaired) electrons. The number of para-hydroxylation sites is 1. The average molecular weight is 258 g/mol. The van der Waals surface area contributed by atoms with Crippen LogP contribution in [0.3, 0.4) is 0 Å². The van der Waals surface area contributed by atoms with Crippen molar-refractivity contribution in [1.29, 1.82) is 0 Å². The Kier molecular flexibility index (Phi) is 3.10. The number of nitrogens with two attached hydrogens (primary N) is 1. The second-order valence-corrected chi connectivity index (χ2v) is 6.20. The van der Waals surface area contributed by atoms with E-state index in [1.54, 1.807) is 0 Å². The first-order valence-electron chi connectivity index (χ1n) is 6.39. The highest BCUT2D eigenvalue weighted by Gasteiger charge is 2.21. The lowest BCUT2D eigenvalue weighted by Gasteiger charge is -2.23. The zero-order chi connectivity index (χ0) is 12.5. The number of fused-ring (bicyclic) bond motifs is 1. The zero-order valence-corrected chi connectivity index (χ0v) is 11.4. The molecular weight excluding hydrogens is 240 g/mol. The molecule has 1 aromatic carbocycles. The second kappa shape index (κ2) is 4.75. The first-order chi connectivity index (χ1) is 8.74. The third-order valence-corrected chi connectivity index (χ3v) is 4.66. The van der Waals surface area contributed by atoms with Gasteiger partial charge >= 0.3 is 0 Å². The van der Waals surface area contributed by atoms with Crippen LogP contribution < -0.4 is 10.6 Å². The molecule has 0 aliphatic carbocycles. The van der Waals surface area contributed by atoms with Gasteiger partial charge in [0, 0.05) is 28.5 Å². The van der Waals surface area contributed by atoms with Gasteiger partial charge in [0.05, 0.1) is 6.04 Å². The maximum Gasteiger partial charge on any atom is 0.0568 e. The number of anilines is 1. The summed E-state index contributed by atoms with van der Waals surface area (Å²) in [5.41, 5.74) is 9.13. The summed E-state index contributed by atoms with van der Waals surface area (Å²) in [6.45, 7) is 4.14. The van der Waals surface area contributed by atoms with Crippen LogP contribution in [-0.2, 0) is 6.42 Å². The van der Waals surface area contributed by atoms with Crippen LogP contribution in [-0.4, -0.2) is 13.1 Å². The standard InChI is InChI=1S/C15H18N2S/c1-11-6-7-15(18-11)13(16)10-17-9-8-12-4-2-3-5-14(12)17/h2-7,13H,8-10,16H2,1H3. The summed E-state index contributed by atoms with van der Waals surface area (Å²) < 4.78 is 0. The van der Waals surface area contributed by atoms with Crippen molar-refractivity contribution in [2.24, 2.45) is 5.73 Å². The van der Waals surface area contributed by atoms with Crippen LogP contribution in [0.2, 0.25) is 0 Å². The Labute approximate surface area is 112 Å². The second-order valence-electron chi connectivity index (χ2n) is 4.88. The normalized spacial score (nSPS) is 15.8. The Morgan fingerprint density at radius 2 is 2.11 bits per heavy atom. The Bertz CT molecular complexity index is 547. The van der Waals surface area contributed by atoms with Gasteiger partial charge in [-0.1, -0.05) is 18.2 Å². The first kappa shape index (κ1) is 11.8. The van der Waals surface area contributed by atoms with E-state index < -0.39 is 0 Å². The topological polar surface area (TPSA) is 29.3 Å². The molecule has 0 saturated carbocycles. The molecule has 1 aliphatic heterocycles. The number of aryl methyl sites for hydroxylation is 1. The number of nitrogens with zero attached hydrogens (tertiary/aromatic N) is 1. The van der Waals surface area contributed by atoms with Gasteiger partial charge in [0.15, 0.2) is 0 Å². The summed E-state index contributed by atoms with van der Waals surface area (Å²) in [5, 5.41) is 0. The van der Waals surface area contributed by atoms with E-state index in [0.29, 0.717) is 0 Å². The van der Waals surface area contributed by atoms with E-state index in [2.05, 4.69) is 48.2 Å². The summed E-state index contributed by atoms with van der Waals surface area (Å²) in [7, 11) is 0. The fraction of sp³-hybridized carbons (Fsp3) is 0.333. The highest BCUT2D eigenvalue weighted by Crippen LogP contribution is 2.30. The molecule has 94 valence electrons. The van der Waals surface area contributed by atoms with E-state index in [1.807, 2.05) is 11.3 Å². The number of rotatable bonds is 3. The molecule has 1 aliphatic rings. The largest absolute Gasteiger partial charge is 0.369 e. The molecule has 1 unspecified atom stereocenters. The summed E-state index contributed by atoms with van der Waals surface area (Å²) in [6.07, 6.45) is 1.15. The lowest BCUT2D eigenvalue weighted by atomic mass is 10.2.